The Bertz CT molecular complexity index is 709. The first-order valence-corrected chi connectivity index (χ1v) is 8.73. The van der Waals surface area contributed by atoms with E-state index >= 15 is 0 Å². The van der Waals surface area contributed by atoms with E-state index in [2.05, 4.69) is 4.90 Å². The molecule has 0 heterocycles. The molecule has 1 aliphatic rings. The zero-order chi connectivity index (χ0) is 18.5. The molecule has 2 aromatic carbocycles. The van der Waals surface area contributed by atoms with Crippen molar-refractivity contribution in [2.45, 2.75) is 44.8 Å². The van der Waals surface area contributed by atoms with Crippen LogP contribution in [-0.2, 0) is 13.1 Å². The van der Waals surface area contributed by atoms with Crippen LogP contribution in [-0.4, -0.2) is 20.8 Å². The molecular weight excluding hydrogens is 334 g/mol. The van der Waals surface area contributed by atoms with Gasteiger partial charge in [0.1, 0.15) is 0 Å². The number of benzene rings is 2. The standard InChI is InChI=1S/C19H21N3O4/c23-21(24)18-9-5-15(6-10-18)13-20(17-3-1-2-4-17)14-16-7-11-19(12-8-16)22(25)26/h5-12,17H,1-4,13-14H2. The first-order valence-electron chi connectivity index (χ1n) is 8.73. The molecule has 0 N–H and O–H groups in total. The second kappa shape index (κ2) is 8.05. The Labute approximate surface area is 151 Å². The monoisotopic (exact) mass is 355 g/mol. The molecule has 1 saturated carbocycles. The molecule has 0 spiro atoms. The van der Waals surface area contributed by atoms with E-state index in [0.29, 0.717) is 19.1 Å². The number of nitrogens with zero attached hydrogens (tertiary/aromatic N) is 3. The molecule has 3 rings (SSSR count). The lowest BCUT2D eigenvalue weighted by Crippen LogP contribution is -2.32. The van der Waals surface area contributed by atoms with Gasteiger partial charge in [0.2, 0.25) is 0 Å². The van der Waals surface area contributed by atoms with Crippen molar-refractivity contribution in [3.05, 3.63) is 79.9 Å². The van der Waals surface area contributed by atoms with Gasteiger partial charge in [0.25, 0.3) is 11.4 Å². The van der Waals surface area contributed by atoms with Crippen LogP contribution >= 0.6 is 0 Å². The Balaban J connectivity index is 1.74. The first kappa shape index (κ1) is 18.0. The summed E-state index contributed by atoms with van der Waals surface area (Å²) in [6, 6.07) is 13.8. The van der Waals surface area contributed by atoms with E-state index in [0.717, 1.165) is 24.0 Å². The third kappa shape index (κ3) is 4.43. The molecule has 0 radical (unpaired) electrons. The van der Waals surface area contributed by atoms with Gasteiger partial charge in [-0.3, -0.25) is 25.1 Å². The van der Waals surface area contributed by atoms with Crippen molar-refractivity contribution in [3.8, 4) is 0 Å². The fourth-order valence-electron chi connectivity index (χ4n) is 3.50. The predicted molar refractivity (Wildman–Crippen MR) is 97.7 cm³/mol. The van der Waals surface area contributed by atoms with Crippen LogP contribution in [0, 0.1) is 20.2 Å². The van der Waals surface area contributed by atoms with Crippen molar-refractivity contribution in [1.29, 1.82) is 0 Å². The highest BCUT2D eigenvalue weighted by Crippen LogP contribution is 2.27. The Hall–Kier alpha value is -2.80. The largest absolute Gasteiger partial charge is 0.292 e. The van der Waals surface area contributed by atoms with E-state index in [-0.39, 0.29) is 11.4 Å². The van der Waals surface area contributed by atoms with Crippen molar-refractivity contribution >= 4 is 11.4 Å². The Kier molecular flexibility index (Phi) is 5.58. The molecule has 0 amide bonds. The van der Waals surface area contributed by atoms with Gasteiger partial charge in [0.05, 0.1) is 9.85 Å². The summed E-state index contributed by atoms with van der Waals surface area (Å²) in [7, 11) is 0. The quantitative estimate of drug-likeness (QED) is 0.541. The van der Waals surface area contributed by atoms with Crippen LogP contribution in [0.5, 0.6) is 0 Å². The summed E-state index contributed by atoms with van der Waals surface area (Å²) < 4.78 is 0. The molecule has 0 bridgehead atoms. The number of hydrogen-bond donors (Lipinski definition) is 0. The molecule has 0 atom stereocenters. The van der Waals surface area contributed by atoms with Gasteiger partial charge in [-0.25, -0.2) is 0 Å². The summed E-state index contributed by atoms with van der Waals surface area (Å²) >= 11 is 0. The molecule has 136 valence electrons. The average Bonchev–Trinajstić information content (AvgIpc) is 3.16. The molecule has 0 saturated heterocycles. The normalized spacial score (nSPS) is 14.7. The fraction of sp³-hybridized carbons (Fsp3) is 0.368. The molecular formula is C19H21N3O4. The zero-order valence-corrected chi connectivity index (χ0v) is 14.4. The summed E-state index contributed by atoms with van der Waals surface area (Å²) in [5.41, 5.74) is 2.25. The maximum Gasteiger partial charge on any atom is 0.269 e. The molecule has 1 fully saturated rings. The minimum absolute atomic E-state index is 0.0940. The average molecular weight is 355 g/mol. The summed E-state index contributed by atoms with van der Waals surface area (Å²) in [6.45, 7) is 1.42. The van der Waals surface area contributed by atoms with Gasteiger partial charge in [-0.15, -0.1) is 0 Å². The highest BCUT2D eigenvalue weighted by molar-refractivity contribution is 5.34. The van der Waals surface area contributed by atoms with Gasteiger partial charge in [0.15, 0.2) is 0 Å². The SMILES string of the molecule is O=[N+]([O-])c1ccc(CN(Cc2ccc([N+](=O)[O-])cc2)C2CCCC2)cc1. The molecule has 7 nitrogen and oxygen atoms in total. The Morgan fingerprint density at radius 1 is 0.769 bits per heavy atom. The van der Waals surface area contributed by atoms with Gasteiger partial charge >= 0.3 is 0 Å². The third-order valence-electron chi connectivity index (χ3n) is 4.91. The summed E-state index contributed by atoms with van der Waals surface area (Å²) in [4.78, 5) is 23.2. The van der Waals surface area contributed by atoms with Crippen LogP contribution in [0.2, 0.25) is 0 Å². The summed E-state index contributed by atoms with van der Waals surface area (Å²) in [5.74, 6) is 0. The Morgan fingerprint density at radius 2 is 1.15 bits per heavy atom. The summed E-state index contributed by atoms with van der Waals surface area (Å²) in [6.07, 6.45) is 4.70. The van der Waals surface area contributed by atoms with Crippen LogP contribution in [0.15, 0.2) is 48.5 Å². The number of nitro benzene ring substituents is 2. The van der Waals surface area contributed by atoms with Crippen LogP contribution in [0.25, 0.3) is 0 Å². The lowest BCUT2D eigenvalue weighted by molar-refractivity contribution is -0.385. The predicted octanol–water partition coefficient (Wildman–Crippen LogP) is 4.45. The van der Waals surface area contributed by atoms with Gasteiger partial charge < -0.3 is 0 Å². The van der Waals surface area contributed by atoms with Crippen molar-refractivity contribution in [3.63, 3.8) is 0 Å². The van der Waals surface area contributed by atoms with Crippen LogP contribution < -0.4 is 0 Å². The molecule has 0 aromatic heterocycles. The van der Waals surface area contributed by atoms with Gasteiger partial charge in [-0.05, 0) is 24.0 Å². The highest BCUT2D eigenvalue weighted by Gasteiger charge is 2.23. The van der Waals surface area contributed by atoms with E-state index in [1.54, 1.807) is 24.3 Å². The van der Waals surface area contributed by atoms with E-state index in [9.17, 15) is 20.2 Å². The number of non-ortho nitro benzene ring substituents is 2. The van der Waals surface area contributed by atoms with Crippen molar-refractivity contribution in [1.82, 2.24) is 4.90 Å². The third-order valence-corrected chi connectivity index (χ3v) is 4.91. The van der Waals surface area contributed by atoms with Crippen LogP contribution in [0.3, 0.4) is 0 Å². The zero-order valence-electron chi connectivity index (χ0n) is 14.4. The van der Waals surface area contributed by atoms with Gasteiger partial charge in [-0.1, -0.05) is 37.1 Å². The molecule has 0 aliphatic heterocycles. The van der Waals surface area contributed by atoms with E-state index in [1.807, 2.05) is 0 Å². The minimum atomic E-state index is -0.393. The van der Waals surface area contributed by atoms with E-state index in [4.69, 9.17) is 0 Å². The maximum absolute atomic E-state index is 10.8. The van der Waals surface area contributed by atoms with Gasteiger partial charge in [-0.2, -0.15) is 0 Å². The summed E-state index contributed by atoms with van der Waals surface area (Å²) in [5, 5.41) is 21.6. The number of rotatable bonds is 7. The maximum atomic E-state index is 10.8. The van der Waals surface area contributed by atoms with Gasteiger partial charge in [0, 0.05) is 43.4 Å². The second-order valence-electron chi connectivity index (χ2n) is 6.69. The van der Waals surface area contributed by atoms with Crippen LogP contribution in [0.4, 0.5) is 11.4 Å². The molecule has 0 unspecified atom stereocenters. The minimum Gasteiger partial charge on any atom is -0.292 e. The molecule has 1 aliphatic carbocycles. The van der Waals surface area contributed by atoms with E-state index in [1.165, 1.54) is 37.1 Å². The van der Waals surface area contributed by atoms with Crippen molar-refractivity contribution < 1.29 is 9.85 Å². The van der Waals surface area contributed by atoms with Crippen molar-refractivity contribution in [2.24, 2.45) is 0 Å². The second-order valence-corrected chi connectivity index (χ2v) is 6.69. The smallest absolute Gasteiger partial charge is 0.269 e. The lowest BCUT2D eigenvalue weighted by atomic mass is 10.1. The number of nitro groups is 2. The number of hydrogen-bond acceptors (Lipinski definition) is 5. The lowest BCUT2D eigenvalue weighted by Gasteiger charge is -2.29. The first-order chi connectivity index (χ1) is 12.5. The molecule has 26 heavy (non-hydrogen) atoms. The molecule has 2 aromatic rings. The van der Waals surface area contributed by atoms with E-state index < -0.39 is 9.85 Å². The fourth-order valence-corrected chi connectivity index (χ4v) is 3.50. The molecule has 7 heteroatoms. The Morgan fingerprint density at radius 3 is 1.50 bits per heavy atom. The van der Waals surface area contributed by atoms with Crippen LogP contribution in [0.1, 0.15) is 36.8 Å². The van der Waals surface area contributed by atoms with Crippen molar-refractivity contribution in [2.75, 3.05) is 0 Å². The topological polar surface area (TPSA) is 89.5 Å². The highest BCUT2D eigenvalue weighted by atomic mass is 16.6.